The summed E-state index contributed by atoms with van der Waals surface area (Å²) < 4.78 is 29.7. The Hall–Kier alpha value is -2.30. The maximum atomic E-state index is 12.7. The van der Waals surface area contributed by atoms with E-state index in [9.17, 15) is 18.0 Å². The van der Waals surface area contributed by atoms with E-state index >= 15 is 0 Å². The van der Waals surface area contributed by atoms with Crippen LogP contribution in [0.4, 0.5) is 0 Å². The maximum absolute atomic E-state index is 12.7. The van der Waals surface area contributed by atoms with Crippen molar-refractivity contribution in [1.29, 1.82) is 0 Å². The standard InChI is InChI=1S/C17H18N4O4S2/c1-12-11-26-17-18-13(8-16(23)21(12)17)9-19-10-14(4-5-15(19)22)27(24,25)20-6-2-3-7-20/h4-5,8,10-11H,2-3,6-7,9H2,1H3. The van der Waals surface area contributed by atoms with Crippen molar-refractivity contribution in [3.8, 4) is 0 Å². The molecule has 0 N–H and O–H groups in total. The van der Waals surface area contributed by atoms with Gasteiger partial charge < -0.3 is 4.57 Å². The predicted octanol–water partition coefficient (Wildman–Crippen LogP) is 1.06. The summed E-state index contributed by atoms with van der Waals surface area (Å²) in [4.78, 5) is 29.6. The summed E-state index contributed by atoms with van der Waals surface area (Å²) in [6.45, 7) is 2.84. The van der Waals surface area contributed by atoms with E-state index in [1.54, 1.807) is 0 Å². The van der Waals surface area contributed by atoms with E-state index in [-0.39, 0.29) is 22.6 Å². The van der Waals surface area contributed by atoms with Gasteiger partial charge in [-0.1, -0.05) is 0 Å². The third-order valence-electron chi connectivity index (χ3n) is 4.62. The average Bonchev–Trinajstić information content (AvgIpc) is 3.27. The molecule has 1 aliphatic rings. The zero-order valence-corrected chi connectivity index (χ0v) is 16.3. The highest BCUT2D eigenvalue weighted by Gasteiger charge is 2.27. The van der Waals surface area contributed by atoms with E-state index in [2.05, 4.69) is 4.98 Å². The molecule has 4 heterocycles. The predicted molar refractivity (Wildman–Crippen MR) is 102 cm³/mol. The molecular weight excluding hydrogens is 388 g/mol. The number of fused-ring (bicyclic) bond motifs is 1. The number of thiazole rings is 1. The molecule has 0 bridgehead atoms. The molecule has 1 aliphatic heterocycles. The minimum absolute atomic E-state index is 0.0326. The van der Waals surface area contributed by atoms with Gasteiger partial charge in [-0.25, -0.2) is 13.4 Å². The topological polar surface area (TPSA) is 93.8 Å². The first-order valence-electron chi connectivity index (χ1n) is 8.54. The van der Waals surface area contributed by atoms with Gasteiger partial charge in [0.1, 0.15) is 0 Å². The van der Waals surface area contributed by atoms with Crippen molar-refractivity contribution < 1.29 is 8.42 Å². The van der Waals surface area contributed by atoms with Gasteiger partial charge in [0.2, 0.25) is 10.0 Å². The van der Waals surface area contributed by atoms with E-state index in [0.717, 1.165) is 18.5 Å². The second kappa shape index (κ2) is 6.70. The normalized spacial score (nSPS) is 15.6. The lowest BCUT2D eigenvalue weighted by Crippen LogP contribution is -2.30. The van der Waals surface area contributed by atoms with Crippen molar-refractivity contribution in [2.24, 2.45) is 0 Å². The van der Waals surface area contributed by atoms with Crippen LogP contribution in [0.3, 0.4) is 0 Å². The van der Waals surface area contributed by atoms with E-state index in [4.69, 9.17) is 0 Å². The van der Waals surface area contributed by atoms with Crippen LogP contribution in [0.1, 0.15) is 24.2 Å². The number of rotatable bonds is 4. The number of sulfonamides is 1. The summed E-state index contributed by atoms with van der Waals surface area (Å²) in [6, 6.07) is 3.95. The Morgan fingerprint density at radius 1 is 1.15 bits per heavy atom. The third kappa shape index (κ3) is 3.24. The Bertz CT molecular complexity index is 1230. The van der Waals surface area contributed by atoms with E-state index < -0.39 is 10.0 Å². The van der Waals surface area contributed by atoms with Crippen LogP contribution >= 0.6 is 11.3 Å². The smallest absolute Gasteiger partial charge is 0.259 e. The summed E-state index contributed by atoms with van der Waals surface area (Å²) in [5.41, 5.74) is 0.650. The fourth-order valence-electron chi connectivity index (χ4n) is 3.22. The van der Waals surface area contributed by atoms with E-state index in [0.29, 0.717) is 23.7 Å². The molecule has 0 aromatic carbocycles. The Labute approximate surface area is 159 Å². The molecule has 10 heteroatoms. The lowest BCUT2D eigenvalue weighted by molar-refractivity contribution is 0.476. The molecule has 0 spiro atoms. The van der Waals surface area contributed by atoms with Gasteiger partial charge >= 0.3 is 0 Å². The molecule has 0 aliphatic carbocycles. The summed E-state index contributed by atoms with van der Waals surface area (Å²) in [6.07, 6.45) is 3.01. The van der Waals surface area contributed by atoms with Crippen LogP contribution in [0, 0.1) is 6.92 Å². The summed E-state index contributed by atoms with van der Waals surface area (Å²) >= 11 is 1.34. The molecule has 0 unspecified atom stereocenters. The first-order valence-corrected chi connectivity index (χ1v) is 10.9. The van der Waals surface area contributed by atoms with Crippen molar-refractivity contribution >= 4 is 26.3 Å². The van der Waals surface area contributed by atoms with Gasteiger partial charge in [-0.05, 0) is 25.8 Å². The zero-order chi connectivity index (χ0) is 19.2. The molecule has 0 amide bonds. The van der Waals surface area contributed by atoms with Crippen LogP contribution in [0.15, 0.2) is 44.3 Å². The molecule has 1 saturated heterocycles. The largest absolute Gasteiger partial charge is 0.308 e. The number of pyridine rings is 1. The van der Waals surface area contributed by atoms with Gasteiger partial charge in [0.25, 0.3) is 11.1 Å². The van der Waals surface area contributed by atoms with E-state index in [1.165, 1.54) is 49.0 Å². The molecule has 1 fully saturated rings. The first kappa shape index (κ1) is 18.1. The summed E-state index contributed by atoms with van der Waals surface area (Å²) in [5.74, 6) is 0. The molecule has 8 nitrogen and oxygen atoms in total. The summed E-state index contributed by atoms with van der Waals surface area (Å²) in [7, 11) is -3.62. The molecule has 3 aromatic rings. The van der Waals surface area contributed by atoms with Gasteiger partial charge in [0, 0.05) is 42.5 Å². The van der Waals surface area contributed by atoms with Gasteiger partial charge in [0.05, 0.1) is 17.1 Å². The van der Waals surface area contributed by atoms with Crippen molar-refractivity contribution in [2.75, 3.05) is 13.1 Å². The minimum Gasteiger partial charge on any atom is -0.308 e. The van der Waals surface area contributed by atoms with Crippen LogP contribution in [-0.2, 0) is 16.6 Å². The molecule has 0 radical (unpaired) electrons. The number of nitrogens with zero attached hydrogens (tertiary/aromatic N) is 4. The lowest BCUT2D eigenvalue weighted by atomic mass is 10.3. The average molecular weight is 406 g/mol. The van der Waals surface area contributed by atoms with E-state index in [1.807, 2.05) is 12.3 Å². The number of aryl methyl sites for hydroxylation is 1. The van der Waals surface area contributed by atoms with Crippen LogP contribution in [0.2, 0.25) is 0 Å². The lowest BCUT2D eigenvalue weighted by Gasteiger charge is -2.16. The molecule has 4 rings (SSSR count). The van der Waals surface area contributed by atoms with Gasteiger partial charge in [-0.2, -0.15) is 4.31 Å². The minimum atomic E-state index is -3.62. The second-order valence-electron chi connectivity index (χ2n) is 6.52. The SMILES string of the molecule is Cc1csc2nc(Cn3cc(S(=O)(=O)N4CCCC4)ccc3=O)cc(=O)n12. The monoisotopic (exact) mass is 406 g/mol. The quantitative estimate of drug-likeness (QED) is 0.646. The molecular formula is C17H18N4O4S2. The molecule has 3 aromatic heterocycles. The Balaban J connectivity index is 1.72. The fraction of sp³-hybridized carbons (Fsp3) is 0.353. The number of hydrogen-bond donors (Lipinski definition) is 0. The highest BCUT2D eigenvalue weighted by molar-refractivity contribution is 7.89. The second-order valence-corrected chi connectivity index (χ2v) is 9.30. The van der Waals surface area contributed by atoms with Crippen LogP contribution in [-0.4, -0.2) is 39.8 Å². The number of hydrogen-bond acceptors (Lipinski definition) is 6. The van der Waals surface area contributed by atoms with Crippen molar-refractivity contribution in [2.45, 2.75) is 31.2 Å². The Morgan fingerprint density at radius 3 is 2.63 bits per heavy atom. The highest BCUT2D eigenvalue weighted by atomic mass is 32.2. The van der Waals surface area contributed by atoms with Gasteiger partial charge in [-0.3, -0.25) is 14.0 Å². The van der Waals surface area contributed by atoms with Crippen LogP contribution < -0.4 is 11.1 Å². The molecule has 27 heavy (non-hydrogen) atoms. The fourth-order valence-corrected chi connectivity index (χ4v) is 5.65. The first-order chi connectivity index (χ1) is 12.9. The molecule has 0 atom stereocenters. The molecule has 0 saturated carbocycles. The summed E-state index contributed by atoms with van der Waals surface area (Å²) in [5, 5.41) is 1.84. The van der Waals surface area contributed by atoms with Gasteiger partial charge in [0.15, 0.2) is 4.96 Å². The Kier molecular flexibility index (Phi) is 4.49. The number of aromatic nitrogens is 3. The van der Waals surface area contributed by atoms with Crippen molar-refractivity contribution in [3.05, 3.63) is 61.9 Å². The third-order valence-corrected chi connectivity index (χ3v) is 7.45. The van der Waals surface area contributed by atoms with Gasteiger partial charge in [-0.15, -0.1) is 11.3 Å². The maximum Gasteiger partial charge on any atom is 0.259 e. The van der Waals surface area contributed by atoms with Crippen molar-refractivity contribution in [3.63, 3.8) is 0 Å². The van der Waals surface area contributed by atoms with Crippen LogP contribution in [0.25, 0.3) is 4.96 Å². The van der Waals surface area contributed by atoms with Crippen LogP contribution in [0.5, 0.6) is 0 Å². The molecule has 142 valence electrons. The Morgan fingerprint density at radius 2 is 1.89 bits per heavy atom. The zero-order valence-electron chi connectivity index (χ0n) is 14.7. The van der Waals surface area contributed by atoms with Crippen molar-refractivity contribution in [1.82, 2.24) is 18.3 Å². The highest BCUT2D eigenvalue weighted by Crippen LogP contribution is 2.20.